The fourth-order valence-electron chi connectivity index (χ4n) is 6.15. The maximum atomic E-state index is 12.7. The number of likely N-dealkylation sites (tertiary alicyclic amines) is 1. The monoisotopic (exact) mass is 419 g/mol. The zero-order chi connectivity index (χ0) is 20.0. The van der Waals surface area contributed by atoms with E-state index in [1.54, 1.807) is 11.8 Å². The van der Waals surface area contributed by atoms with Gasteiger partial charge in [-0.1, -0.05) is 18.2 Å². The average molecular weight is 420 g/mol. The standard InChI is InChI=1S/C22H33N3O3S/c1-22(13-14-6-8-25(9-7-14)19(26)18-3-2-10-28-18)20(27)24-21(29-22)23-17-12-15-4-5-16(17)11-15/h14-18H,2-13H2,1H3,(H,23,24,27)/t15-,16-,17-,18?,22?/m0/s1. The molecule has 7 heteroatoms. The molecule has 1 N–H and O–H groups in total. The number of piperidine rings is 1. The molecule has 0 spiro atoms. The number of fused-ring (bicyclic) bond motifs is 2. The first-order chi connectivity index (χ1) is 14.0. The largest absolute Gasteiger partial charge is 0.368 e. The van der Waals surface area contributed by atoms with Crippen molar-refractivity contribution in [3.8, 4) is 0 Å². The third-order valence-corrected chi connectivity index (χ3v) is 9.03. The van der Waals surface area contributed by atoms with Crippen LogP contribution in [-0.4, -0.2) is 58.5 Å². The van der Waals surface area contributed by atoms with Gasteiger partial charge < -0.3 is 15.0 Å². The molecule has 6 nitrogen and oxygen atoms in total. The van der Waals surface area contributed by atoms with Gasteiger partial charge in [0.25, 0.3) is 11.8 Å². The van der Waals surface area contributed by atoms with Crippen molar-refractivity contribution in [3.05, 3.63) is 0 Å². The molecule has 5 atom stereocenters. The molecule has 2 saturated heterocycles. The SMILES string of the molecule is CC1(CC2CCN(C(=O)C3CCCO3)CC2)SC(N[C@H]2C[C@H]3CC[C@H]2C3)=NC1=O. The first kappa shape index (κ1) is 19.9. The number of rotatable bonds is 4. The Morgan fingerprint density at radius 1 is 1.24 bits per heavy atom. The minimum Gasteiger partial charge on any atom is -0.368 e. The van der Waals surface area contributed by atoms with Gasteiger partial charge in [0.2, 0.25) is 0 Å². The summed E-state index contributed by atoms with van der Waals surface area (Å²) in [5.41, 5.74) is 0. The zero-order valence-corrected chi connectivity index (χ0v) is 18.2. The second-order valence-corrected chi connectivity index (χ2v) is 11.4. The van der Waals surface area contributed by atoms with Crippen molar-refractivity contribution in [2.24, 2.45) is 22.7 Å². The van der Waals surface area contributed by atoms with E-state index in [0.717, 1.165) is 62.2 Å². The van der Waals surface area contributed by atoms with E-state index in [4.69, 9.17) is 4.74 Å². The smallest absolute Gasteiger partial charge is 0.264 e. The van der Waals surface area contributed by atoms with Crippen LogP contribution in [0, 0.1) is 17.8 Å². The summed E-state index contributed by atoms with van der Waals surface area (Å²) in [5, 5.41) is 4.46. The highest BCUT2D eigenvalue weighted by Gasteiger charge is 2.46. The van der Waals surface area contributed by atoms with Gasteiger partial charge in [-0.05, 0) is 76.0 Å². The molecule has 160 valence electrons. The van der Waals surface area contributed by atoms with Crippen LogP contribution in [0.5, 0.6) is 0 Å². The molecule has 29 heavy (non-hydrogen) atoms. The molecular weight excluding hydrogens is 386 g/mol. The summed E-state index contributed by atoms with van der Waals surface area (Å²) in [6, 6.07) is 0.516. The minimum absolute atomic E-state index is 0.0195. The number of nitrogens with zero attached hydrogens (tertiary/aromatic N) is 2. The van der Waals surface area contributed by atoms with Gasteiger partial charge in [0.15, 0.2) is 5.17 Å². The van der Waals surface area contributed by atoms with Crippen LogP contribution in [0.25, 0.3) is 0 Å². The van der Waals surface area contributed by atoms with Crippen LogP contribution in [-0.2, 0) is 14.3 Å². The topological polar surface area (TPSA) is 71.0 Å². The van der Waals surface area contributed by atoms with Crippen molar-refractivity contribution < 1.29 is 14.3 Å². The molecule has 3 aliphatic heterocycles. The molecule has 5 rings (SSSR count). The summed E-state index contributed by atoms with van der Waals surface area (Å²) in [4.78, 5) is 31.6. The molecule has 4 fully saturated rings. The lowest BCUT2D eigenvalue weighted by molar-refractivity contribution is -0.142. The maximum Gasteiger partial charge on any atom is 0.264 e. The Labute approximate surface area is 177 Å². The number of amides is 2. The maximum absolute atomic E-state index is 12.7. The van der Waals surface area contributed by atoms with Crippen molar-refractivity contribution in [1.82, 2.24) is 10.2 Å². The molecule has 0 aromatic rings. The number of ether oxygens (including phenoxy) is 1. The second kappa shape index (κ2) is 7.88. The minimum atomic E-state index is -0.453. The number of hydrogen-bond acceptors (Lipinski definition) is 5. The Kier molecular flexibility index (Phi) is 5.39. The van der Waals surface area contributed by atoms with Gasteiger partial charge in [-0.2, -0.15) is 4.99 Å². The Bertz CT molecular complexity index is 699. The van der Waals surface area contributed by atoms with E-state index in [-0.39, 0.29) is 17.9 Å². The summed E-state index contributed by atoms with van der Waals surface area (Å²) in [5.74, 6) is 2.32. The summed E-state index contributed by atoms with van der Waals surface area (Å²) in [7, 11) is 0. The van der Waals surface area contributed by atoms with E-state index >= 15 is 0 Å². The third-order valence-electron chi connectivity index (χ3n) is 7.83. The van der Waals surface area contributed by atoms with Crippen LogP contribution < -0.4 is 5.32 Å². The highest BCUT2D eigenvalue weighted by atomic mass is 32.2. The van der Waals surface area contributed by atoms with Crippen LogP contribution in [0.1, 0.15) is 64.7 Å². The van der Waals surface area contributed by atoms with Crippen LogP contribution >= 0.6 is 11.8 Å². The lowest BCUT2D eigenvalue weighted by Crippen LogP contribution is -2.45. The van der Waals surface area contributed by atoms with Gasteiger partial charge in [-0.15, -0.1) is 0 Å². The number of carbonyl (C=O) groups is 2. The van der Waals surface area contributed by atoms with Gasteiger partial charge in [0.1, 0.15) is 10.9 Å². The molecule has 2 saturated carbocycles. The summed E-state index contributed by atoms with van der Waals surface area (Å²) >= 11 is 1.65. The lowest BCUT2D eigenvalue weighted by Gasteiger charge is -2.35. The number of aliphatic imine (C=N–C) groups is 1. The Balaban J connectivity index is 1.11. The van der Waals surface area contributed by atoms with E-state index in [0.29, 0.717) is 18.6 Å². The van der Waals surface area contributed by atoms with E-state index in [1.807, 2.05) is 4.90 Å². The Morgan fingerprint density at radius 2 is 2.07 bits per heavy atom. The highest BCUT2D eigenvalue weighted by Crippen LogP contribution is 2.46. The van der Waals surface area contributed by atoms with Gasteiger partial charge >= 0.3 is 0 Å². The van der Waals surface area contributed by atoms with Gasteiger partial charge in [-0.25, -0.2) is 0 Å². The van der Waals surface area contributed by atoms with Crippen molar-refractivity contribution >= 4 is 28.7 Å². The molecular formula is C22H33N3O3S. The number of thioether (sulfide) groups is 1. The molecule has 0 radical (unpaired) electrons. The van der Waals surface area contributed by atoms with Gasteiger partial charge in [-0.3, -0.25) is 9.59 Å². The average Bonchev–Trinajstić information content (AvgIpc) is 3.48. The number of amidine groups is 1. The molecule has 5 aliphatic rings. The molecule has 0 aromatic carbocycles. The Hall–Kier alpha value is -1.08. The van der Waals surface area contributed by atoms with E-state index in [1.165, 1.54) is 25.7 Å². The lowest BCUT2D eigenvalue weighted by atomic mass is 9.87. The predicted molar refractivity (Wildman–Crippen MR) is 114 cm³/mol. The van der Waals surface area contributed by atoms with E-state index in [9.17, 15) is 9.59 Å². The molecule has 2 unspecified atom stereocenters. The van der Waals surface area contributed by atoms with Gasteiger partial charge in [0.05, 0.1) is 0 Å². The van der Waals surface area contributed by atoms with Crippen molar-refractivity contribution in [2.45, 2.75) is 81.6 Å². The van der Waals surface area contributed by atoms with Crippen LogP contribution in [0.4, 0.5) is 0 Å². The summed E-state index contributed by atoms with van der Waals surface area (Å²) < 4.78 is 5.10. The zero-order valence-electron chi connectivity index (χ0n) is 17.4. The number of carbonyl (C=O) groups excluding carboxylic acids is 2. The first-order valence-electron chi connectivity index (χ1n) is 11.5. The van der Waals surface area contributed by atoms with Crippen molar-refractivity contribution in [3.63, 3.8) is 0 Å². The molecule has 2 aliphatic carbocycles. The second-order valence-electron chi connectivity index (χ2n) is 9.96. The van der Waals surface area contributed by atoms with E-state index < -0.39 is 4.75 Å². The van der Waals surface area contributed by atoms with Crippen molar-refractivity contribution in [2.75, 3.05) is 19.7 Å². The fraction of sp³-hybridized carbons (Fsp3) is 0.864. The molecule has 2 bridgehead atoms. The fourth-order valence-corrected chi connectivity index (χ4v) is 7.36. The first-order valence-corrected chi connectivity index (χ1v) is 12.3. The highest BCUT2D eigenvalue weighted by molar-refractivity contribution is 8.16. The number of nitrogens with one attached hydrogen (secondary N) is 1. The molecule has 2 amide bonds. The third kappa shape index (κ3) is 3.97. The molecule has 0 aromatic heterocycles. The summed E-state index contributed by atoms with van der Waals surface area (Å²) in [6.07, 6.45) is 9.72. The van der Waals surface area contributed by atoms with Crippen LogP contribution in [0.15, 0.2) is 4.99 Å². The predicted octanol–water partition coefficient (Wildman–Crippen LogP) is 2.96. The quantitative estimate of drug-likeness (QED) is 0.759. The summed E-state index contributed by atoms with van der Waals surface area (Å²) in [6.45, 7) is 4.34. The molecule has 3 heterocycles. The van der Waals surface area contributed by atoms with Crippen molar-refractivity contribution in [1.29, 1.82) is 0 Å². The Morgan fingerprint density at radius 3 is 2.72 bits per heavy atom. The van der Waals surface area contributed by atoms with Crippen LogP contribution in [0.2, 0.25) is 0 Å². The van der Waals surface area contributed by atoms with E-state index in [2.05, 4.69) is 17.2 Å². The van der Waals surface area contributed by atoms with Crippen LogP contribution in [0.3, 0.4) is 0 Å². The number of hydrogen-bond donors (Lipinski definition) is 1. The normalized spacial score (nSPS) is 40.0. The van der Waals surface area contributed by atoms with Gasteiger partial charge in [0, 0.05) is 25.7 Å².